The predicted octanol–water partition coefficient (Wildman–Crippen LogP) is 1.06. The number of rotatable bonds is 4. The molecule has 6 nitrogen and oxygen atoms in total. The highest BCUT2D eigenvalue weighted by Gasteiger charge is 2.20. The molecule has 20 heavy (non-hydrogen) atoms. The minimum Gasteiger partial charge on any atom is -0.480 e. The fourth-order valence-electron chi connectivity index (χ4n) is 1.69. The van der Waals surface area contributed by atoms with Crippen molar-refractivity contribution in [2.45, 2.75) is 6.04 Å². The molecule has 104 valence electrons. The number of carboxylic acids is 1. The quantitative estimate of drug-likeness (QED) is 0.732. The van der Waals surface area contributed by atoms with Crippen molar-refractivity contribution in [1.82, 2.24) is 10.3 Å². The number of pyridine rings is 1. The maximum absolute atomic E-state index is 11.9. The van der Waals surface area contributed by atoms with Gasteiger partial charge >= 0.3 is 5.97 Å². The molecule has 0 saturated carbocycles. The lowest BCUT2D eigenvalue weighted by Crippen LogP contribution is -2.43. The summed E-state index contributed by atoms with van der Waals surface area (Å²) in [7, 11) is 0. The number of hydrogen-bond donors (Lipinski definition) is 3. The molecule has 1 aromatic carbocycles. The van der Waals surface area contributed by atoms with Crippen LogP contribution in [0.2, 0.25) is 5.15 Å². The van der Waals surface area contributed by atoms with Gasteiger partial charge in [-0.15, -0.1) is 0 Å². The topological polar surface area (TPSA) is 99.5 Å². The third kappa shape index (κ3) is 2.87. The van der Waals surface area contributed by atoms with E-state index in [0.717, 1.165) is 0 Å². The lowest BCUT2D eigenvalue weighted by atomic mass is 10.1. The van der Waals surface area contributed by atoms with Gasteiger partial charge < -0.3 is 15.5 Å². The van der Waals surface area contributed by atoms with Gasteiger partial charge in [-0.05, 0) is 11.5 Å². The van der Waals surface area contributed by atoms with Crippen molar-refractivity contribution >= 4 is 34.2 Å². The van der Waals surface area contributed by atoms with Gasteiger partial charge in [0.2, 0.25) is 0 Å². The number of nitrogens with zero attached hydrogens (tertiary/aromatic N) is 1. The fraction of sp³-hybridized carbons (Fsp3) is 0.154. The van der Waals surface area contributed by atoms with E-state index >= 15 is 0 Å². The Morgan fingerprint density at radius 2 is 2.05 bits per heavy atom. The van der Waals surface area contributed by atoms with E-state index in [9.17, 15) is 9.59 Å². The second-order valence-electron chi connectivity index (χ2n) is 4.07. The first kappa shape index (κ1) is 14.2. The Morgan fingerprint density at radius 3 is 2.70 bits per heavy atom. The van der Waals surface area contributed by atoms with E-state index < -0.39 is 24.5 Å². The third-order valence-corrected chi connectivity index (χ3v) is 3.00. The second kappa shape index (κ2) is 5.85. The summed E-state index contributed by atoms with van der Waals surface area (Å²) in [6.07, 6.45) is 0. The summed E-state index contributed by atoms with van der Waals surface area (Å²) in [5.41, 5.74) is -0.00611. The highest BCUT2D eigenvalue weighted by Crippen LogP contribution is 2.22. The number of nitrogens with one attached hydrogen (secondary N) is 1. The monoisotopic (exact) mass is 294 g/mol. The number of carbonyl (C=O) groups excluding carboxylic acids is 1. The van der Waals surface area contributed by atoms with Gasteiger partial charge in [0.15, 0.2) is 6.04 Å². The van der Waals surface area contributed by atoms with Gasteiger partial charge in [0.05, 0.1) is 6.61 Å². The highest BCUT2D eigenvalue weighted by molar-refractivity contribution is 6.34. The molecule has 3 N–H and O–H groups in total. The van der Waals surface area contributed by atoms with Gasteiger partial charge in [0.25, 0.3) is 5.91 Å². The number of aliphatic carboxylic acids is 1. The average Bonchev–Trinajstić information content (AvgIpc) is 2.44. The fourth-order valence-corrected chi connectivity index (χ4v) is 1.95. The van der Waals surface area contributed by atoms with Gasteiger partial charge in [0.1, 0.15) is 10.8 Å². The van der Waals surface area contributed by atoms with Crippen LogP contribution in [-0.2, 0) is 4.79 Å². The number of fused-ring (bicyclic) bond motifs is 1. The maximum Gasteiger partial charge on any atom is 0.328 e. The molecule has 7 heteroatoms. The number of aromatic nitrogens is 1. The van der Waals surface area contributed by atoms with Crippen molar-refractivity contribution in [2.24, 2.45) is 0 Å². The second-order valence-corrected chi connectivity index (χ2v) is 4.42. The number of aliphatic hydroxyl groups is 1. The van der Waals surface area contributed by atoms with Gasteiger partial charge in [-0.25, -0.2) is 9.78 Å². The molecule has 1 atom stereocenters. The van der Waals surface area contributed by atoms with Gasteiger partial charge in [-0.3, -0.25) is 4.79 Å². The summed E-state index contributed by atoms with van der Waals surface area (Å²) < 4.78 is 0. The zero-order valence-corrected chi connectivity index (χ0v) is 11.0. The minimum absolute atomic E-state index is 0.00611. The molecule has 0 spiro atoms. The number of carboxylic acid groups (broad SMARTS) is 1. The summed E-state index contributed by atoms with van der Waals surface area (Å²) in [6, 6.07) is 7.23. The Hall–Kier alpha value is -2.18. The Bertz CT molecular complexity index is 674. The van der Waals surface area contributed by atoms with E-state index in [-0.39, 0.29) is 10.8 Å². The van der Waals surface area contributed by atoms with Crippen LogP contribution in [0, 0.1) is 0 Å². The third-order valence-electron chi connectivity index (χ3n) is 2.71. The summed E-state index contributed by atoms with van der Waals surface area (Å²) in [4.78, 5) is 26.6. The Balaban J connectivity index is 2.33. The average molecular weight is 295 g/mol. The maximum atomic E-state index is 11.9. The number of aliphatic hydroxyl groups excluding tert-OH is 1. The van der Waals surface area contributed by atoms with Gasteiger partial charge in [0, 0.05) is 5.39 Å². The molecule has 1 amide bonds. The van der Waals surface area contributed by atoms with Crippen molar-refractivity contribution in [3.05, 3.63) is 41.2 Å². The highest BCUT2D eigenvalue weighted by atomic mass is 35.5. The van der Waals surface area contributed by atoms with Crippen LogP contribution in [0.5, 0.6) is 0 Å². The van der Waals surface area contributed by atoms with E-state index in [1.807, 2.05) is 0 Å². The first-order chi connectivity index (χ1) is 9.52. The minimum atomic E-state index is -1.38. The normalized spacial score (nSPS) is 12.1. The number of benzene rings is 1. The summed E-state index contributed by atoms with van der Waals surface area (Å²) in [5.74, 6) is -2.04. The van der Waals surface area contributed by atoms with Crippen LogP contribution in [0.3, 0.4) is 0 Å². The lowest BCUT2D eigenvalue weighted by Gasteiger charge is -2.11. The molecule has 2 rings (SSSR count). The lowest BCUT2D eigenvalue weighted by molar-refractivity contribution is -0.140. The van der Waals surface area contributed by atoms with E-state index in [2.05, 4.69) is 10.3 Å². The molecule has 2 aromatic rings. The molecule has 0 fully saturated rings. The van der Waals surface area contributed by atoms with Crippen molar-refractivity contribution in [3.8, 4) is 0 Å². The molecule has 0 saturated heterocycles. The zero-order chi connectivity index (χ0) is 14.7. The summed E-state index contributed by atoms with van der Waals surface area (Å²) in [5, 5.41) is 21.4. The molecule has 0 aliphatic rings. The van der Waals surface area contributed by atoms with E-state index in [1.54, 1.807) is 24.3 Å². The molecular weight excluding hydrogens is 284 g/mol. The molecule has 0 radical (unpaired) electrons. The van der Waals surface area contributed by atoms with Gasteiger partial charge in [-0.1, -0.05) is 35.9 Å². The smallest absolute Gasteiger partial charge is 0.328 e. The number of amides is 1. The molecule has 0 aliphatic carbocycles. The van der Waals surface area contributed by atoms with E-state index in [0.29, 0.717) is 10.8 Å². The molecular formula is C13H11ClN2O4. The van der Waals surface area contributed by atoms with Crippen molar-refractivity contribution < 1.29 is 19.8 Å². The van der Waals surface area contributed by atoms with Crippen LogP contribution in [0.4, 0.5) is 0 Å². The SMILES string of the molecule is O=C(N[C@H](CO)C(=O)O)c1cc2ccccc2c(Cl)n1. The van der Waals surface area contributed by atoms with Crippen molar-refractivity contribution in [2.75, 3.05) is 6.61 Å². The molecule has 1 aromatic heterocycles. The van der Waals surface area contributed by atoms with Crippen LogP contribution in [-0.4, -0.2) is 39.7 Å². The van der Waals surface area contributed by atoms with Crippen LogP contribution in [0.25, 0.3) is 10.8 Å². The van der Waals surface area contributed by atoms with E-state index in [1.165, 1.54) is 6.07 Å². The van der Waals surface area contributed by atoms with Crippen molar-refractivity contribution in [1.29, 1.82) is 0 Å². The number of hydrogen-bond acceptors (Lipinski definition) is 4. The largest absolute Gasteiger partial charge is 0.480 e. The van der Waals surface area contributed by atoms with Crippen LogP contribution < -0.4 is 5.32 Å². The van der Waals surface area contributed by atoms with E-state index in [4.69, 9.17) is 21.8 Å². The molecule has 0 bridgehead atoms. The van der Waals surface area contributed by atoms with Crippen LogP contribution >= 0.6 is 11.6 Å². The predicted molar refractivity (Wildman–Crippen MR) is 72.7 cm³/mol. The standard InChI is InChI=1S/C13H11ClN2O4/c14-11-8-4-2-1-3-7(8)5-9(15-11)12(18)16-10(6-17)13(19)20/h1-5,10,17H,6H2,(H,16,18)(H,19,20)/t10-/m1/s1. The van der Waals surface area contributed by atoms with Gasteiger partial charge in [-0.2, -0.15) is 0 Å². The van der Waals surface area contributed by atoms with Crippen LogP contribution in [0.1, 0.15) is 10.5 Å². The van der Waals surface area contributed by atoms with Crippen molar-refractivity contribution in [3.63, 3.8) is 0 Å². The molecule has 1 heterocycles. The number of halogens is 1. The molecule has 0 unspecified atom stereocenters. The summed E-state index contributed by atoms with van der Waals surface area (Å²) in [6.45, 7) is -0.706. The first-order valence-corrected chi connectivity index (χ1v) is 6.10. The molecule has 0 aliphatic heterocycles. The summed E-state index contributed by atoms with van der Waals surface area (Å²) >= 11 is 5.98. The Kier molecular flexibility index (Phi) is 4.16. The zero-order valence-electron chi connectivity index (χ0n) is 10.2. The van der Waals surface area contributed by atoms with Crippen LogP contribution in [0.15, 0.2) is 30.3 Å². The number of carbonyl (C=O) groups is 2. The Morgan fingerprint density at radius 1 is 1.35 bits per heavy atom. The first-order valence-electron chi connectivity index (χ1n) is 5.72. The Labute approximate surface area is 119 Å².